The quantitative estimate of drug-likeness (QED) is 0.917. The van der Waals surface area contributed by atoms with E-state index >= 15 is 0 Å². The molecule has 2 aliphatic rings. The normalized spacial score (nSPS) is 26.6. The van der Waals surface area contributed by atoms with Gasteiger partial charge in [-0.1, -0.05) is 12.1 Å². The molecule has 1 aromatic rings. The van der Waals surface area contributed by atoms with Crippen LogP contribution >= 0.6 is 0 Å². The van der Waals surface area contributed by atoms with Gasteiger partial charge in [-0.15, -0.1) is 0 Å². The predicted molar refractivity (Wildman–Crippen MR) is 85.5 cm³/mol. The number of aliphatic hydroxyl groups is 1. The minimum Gasteiger partial charge on any atom is -0.493 e. The number of aliphatic hydroxyl groups excluding tert-OH is 1. The van der Waals surface area contributed by atoms with Crippen molar-refractivity contribution < 1.29 is 14.6 Å². The van der Waals surface area contributed by atoms with Crippen LogP contribution in [0.5, 0.6) is 11.5 Å². The van der Waals surface area contributed by atoms with E-state index in [1.165, 1.54) is 0 Å². The summed E-state index contributed by atoms with van der Waals surface area (Å²) in [6.45, 7) is 2.73. The van der Waals surface area contributed by atoms with Gasteiger partial charge in [0.2, 0.25) is 0 Å². The molecule has 22 heavy (non-hydrogen) atoms. The van der Waals surface area contributed by atoms with Gasteiger partial charge in [0, 0.05) is 11.6 Å². The summed E-state index contributed by atoms with van der Waals surface area (Å²) in [4.78, 5) is 4.67. The molecule has 122 valence electrons. The Labute approximate surface area is 132 Å². The Bertz CT molecular complexity index is 515. The van der Waals surface area contributed by atoms with E-state index in [1.807, 2.05) is 18.2 Å². The second kappa shape index (κ2) is 6.44. The lowest BCUT2D eigenvalue weighted by Gasteiger charge is -2.43. The van der Waals surface area contributed by atoms with Gasteiger partial charge in [-0.2, -0.15) is 0 Å². The molecule has 1 saturated heterocycles. The predicted octanol–water partition coefficient (Wildman–Crippen LogP) is 1.52. The number of fused-ring (bicyclic) bond motifs is 1. The van der Waals surface area contributed by atoms with Crippen LogP contribution < -0.4 is 9.47 Å². The Kier molecular flexibility index (Phi) is 4.57. The molecule has 0 radical (unpaired) electrons. The number of likely N-dealkylation sites (tertiary alicyclic amines) is 1. The van der Waals surface area contributed by atoms with Crippen LogP contribution in [-0.2, 0) is 0 Å². The van der Waals surface area contributed by atoms with Crippen LogP contribution in [0, 0.1) is 0 Å². The number of nitrogens with zero attached hydrogens (tertiary/aromatic N) is 2. The summed E-state index contributed by atoms with van der Waals surface area (Å²) < 4.78 is 11.3. The third kappa shape index (κ3) is 2.81. The average molecular weight is 306 g/mol. The van der Waals surface area contributed by atoms with Crippen molar-refractivity contribution in [1.29, 1.82) is 0 Å². The first-order chi connectivity index (χ1) is 10.6. The van der Waals surface area contributed by atoms with Gasteiger partial charge in [-0.05, 0) is 46.1 Å². The van der Waals surface area contributed by atoms with Gasteiger partial charge < -0.3 is 19.5 Å². The second-order valence-electron chi connectivity index (χ2n) is 6.40. The highest BCUT2D eigenvalue weighted by Crippen LogP contribution is 2.41. The SMILES string of the molecule is COc1cccc2c1OCC(N(C)C1CCN(C)CC1)C2O. The van der Waals surface area contributed by atoms with Gasteiger partial charge in [0.15, 0.2) is 11.5 Å². The number of methoxy groups -OCH3 is 1. The van der Waals surface area contributed by atoms with E-state index in [4.69, 9.17) is 9.47 Å². The standard InChI is InChI=1S/C17H26N2O3/c1-18-9-7-12(8-10-18)19(2)14-11-22-17-13(16(14)20)5-4-6-15(17)21-3/h4-6,12,14,16,20H,7-11H2,1-3H3. The smallest absolute Gasteiger partial charge is 0.167 e. The molecule has 0 bridgehead atoms. The monoisotopic (exact) mass is 306 g/mol. The minimum absolute atomic E-state index is 0.00647. The first-order valence-electron chi connectivity index (χ1n) is 8.00. The van der Waals surface area contributed by atoms with Crippen molar-refractivity contribution in [1.82, 2.24) is 9.80 Å². The average Bonchev–Trinajstić information content (AvgIpc) is 2.55. The molecule has 2 aliphatic heterocycles. The molecule has 0 aliphatic carbocycles. The molecular weight excluding hydrogens is 280 g/mol. The van der Waals surface area contributed by atoms with Gasteiger partial charge in [0.25, 0.3) is 0 Å². The Morgan fingerprint density at radius 3 is 2.73 bits per heavy atom. The fourth-order valence-electron chi connectivity index (χ4n) is 3.56. The molecule has 5 heteroatoms. The largest absolute Gasteiger partial charge is 0.493 e. The Morgan fingerprint density at radius 2 is 2.05 bits per heavy atom. The molecule has 0 aromatic heterocycles. The van der Waals surface area contributed by atoms with Crippen LogP contribution in [-0.4, -0.2) is 67.9 Å². The van der Waals surface area contributed by atoms with E-state index in [2.05, 4.69) is 23.9 Å². The Morgan fingerprint density at radius 1 is 1.32 bits per heavy atom. The maximum Gasteiger partial charge on any atom is 0.167 e. The summed E-state index contributed by atoms with van der Waals surface area (Å²) in [6, 6.07) is 6.20. The molecule has 0 amide bonds. The lowest BCUT2D eigenvalue weighted by atomic mass is 9.94. The van der Waals surface area contributed by atoms with E-state index < -0.39 is 6.10 Å². The van der Waals surface area contributed by atoms with E-state index in [0.717, 1.165) is 31.5 Å². The van der Waals surface area contributed by atoms with E-state index in [-0.39, 0.29) is 6.04 Å². The molecule has 0 spiro atoms. The van der Waals surface area contributed by atoms with Gasteiger partial charge in [-0.3, -0.25) is 4.90 Å². The molecule has 2 unspecified atom stereocenters. The van der Waals surface area contributed by atoms with Gasteiger partial charge in [-0.25, -0.2) is 0 Å². The van der Waals surface area contributed by atoms with Crippen molar-refractivity contribution in [2.24, 2.45) is 0 Å². The van der Waals surface area contributed by atoms with Crippen molar-refractivity contribution in [3.8, 4) is 11.5 Å². The van der Waals surface area contributed by atoms with Crippen molar-refractivity contribution in [2.45, 2.75) is 31.0 Å². The zero-order valence-corrected chi connectivity index (χ0v) is 13.7. The van der Waals surface area contributed by atoms with Gasteiger partial charge >= 0.3 is 0 Å². The number of benzene rings is 1. The number of hydrogen-bond donors (Lipinski definition) is 1. The van der Waals surface area contributed by atoms with Crippen molar-refractivity contribution in [3.05, 3.63) is 23.8 Å². The number of ether oxygens (including phenoxy) is 2. The van der Waals surface area contributed by atoms with Crippen molar-refractivity contribution >= 4 is 0 Å². The maximum absolute atomic E-state index is 10.8. The molecule has 2 heterocycles. The third-order valence-corrected chi connectivity index (χ3v) is 5.10. The second-order valence-corrected chi connectivity index (χ2v) is 6.40. The molecular formula is C17H26N2O3. The fraction of sp³-hybridized carbons (Fsp3) is 0.647. The van der Waals surface area contributed by atoms with Crippen LogP contribution in [0.3, 0.4) is 0 Å². The minimum atomic E-state index is -0.538. The first kappa shape index (κ1) is 15.6. The Balaban J connectivity index is 1.76. The Hall–Kier alpha value is -1.30. The first-order valence-corrected chi connectivity index (χ1v) is 8.00. The van der Waals surface area contributed by atoms with Crippen molar-refractivity contribution in [3.63, 3.8) is 0 Å². The summed E-state index contributed by atoms with van der Waals surface area (Å²) in [5.74, 6) is 1.38. The fourth-order valence-corrected chi connectivity index (χ4v) is 3.56. The number of piperidine rings is 1. The summed E-state index contributed by atoms with van der Waals surface area (Å²) in [5, 5.41) is 10.8. The highest BCUT2D eigenvalue weighted by atomic mass is 16.5. The number of para-hydroxylation sites is 1. The molecule has 2 atom stereocenters. The van der Waals surface area contributed by atoms with Crippen LogP contribution in [0.2, 0.25) is 0 Å². The van der Waals surface area contributed by atoms with E-state index in [0.29, 0.717) is 24.1 Å². The summed E-state index contributed by atoms with van der Waals surface area (Å²) in [6.07, 6.45) is 1.74. The molecule has 0 saturated carbocycles. The molecule has 1 aromatic carbocycles. The van der Waals surface area contributed by atoms with Gasteiger partial charge in [0.05, 0.1) is 13.2 Å². The number of likely N-dealkylation sites (N-methyl/N-ethyl adjacent to an activating group) is 1. The lowest BCUT2D eigenvalue weighted by molar-refractivity contribution is -0.0152. The summed E-state index contributed by atoms with van der Waals surface area (Å²) in [5.41, 5.74) is 0.829. The maximum atomic E-state index is 10.8. The number of hydrogen-bond acceptors (Lipinski definition) is 5. The van der Waals surface area contributed by atoms with Crippen LogP contribution in [0.4, 0.5) is 0 Å². The lowest BCUT2D eigenvalue weighted by Crippen LogP contribution is -2.51. The van der Waals surface area contributed by atoms with Crippen molar-refractivity contribution in [2.75, 3.05) is 40.9 Å². The number of rotatable bonds is 3. The third-order valence-electron chi connectivity index (χ3n) is 5.10. The van der Waals surface area contributed by atoms with Gasteiger partial charge in [0.1, 0.15) is 12.7 Å². The van der Waals surface area contributed by atoms with E-state index in [1.54, 1.807) is 7.11 Å². The zero-order chi connectivity index (χ0) is 15.7. The van der Waals surface area contributed by atoms with Crippen LogP contribution in [0.25, 0.3) is 0 Å². The van der Waals surface area contributed by atoms with Crippen LogP contribution in [0.1, 0.15) is 24.5 Å². The van der Waals surface area contributed by atoms with E-state index in [9.17, 15) is 5.11 Å². The highest BCUT2D eigenvalue weighted by Gasteiger charge is 2.36. The topological polar surface area (TPSA) is 45.2 Å². The molecule has 3 rings (SSSR count). The highest BCUT2D eigenvalue weighted by molar-refractivity contribution is 5.49. The molecule has 5 nitrogen and oxygen atoms in total. The van der Waals surface area contributed by atoms with Crippen LogP contribution in [0.15, 0.2) is 18.2 Å². The summed E-state index contributed by atoms with van der Waals surface area (Å²) >= 11 is 0. The summed E-state index contributed by atoms with van der Waals surface area (Å²) in [7, 11) is 5.90. The zero-order valence-electron chi connectivity index (χ0n) is 13.7. The molecule has 1 N–H and O–H groups in total. The molecule has 1 fully saturated rings.